The van der Waals surface area contributed by atoms with Gasteiger partial charge in [-0.15, -0.1) is 0 Å². The highest BCUT2D eigenvalue weighted by Crippen LogP contribution is 2.30. The molecule has 1 unspecified atom stereocenters. The third-order valence-corrected chi connectivity index (χ3v) is 4.09. The van der Waals surface area contributed by atoms with Crippen LogP contribution in [0.3, 0.4) is 0 Å². The summed E-state index contributed by atoms with van der Waals surface area (Å²) in [7, 11) is 0. The molecular formula is C13H10Cl3NO2. The van der Waals surface area contributed by atoms with Crippen molar-refractivity contribution in [2.75, 3.05) is 6.54 Å². The molecule has 100 valence electrons. The molecule has 0 radical (unpaired) electrons. The van der Waals surface area contributed by atoms with Crippen LogP contribution in [0, 0.1) is 0 Å². The van der Waals surface area contributed by atoms with E-state index in [-0.39, 0.29) is 22.5 Å². The molecule has 0 saturated heterocycles. The van der Waals surface area contributed by atoms with Crippen LogP contribution in [0.2, 0.25) is 5.02 Å². The van der Waals surface area contributed by atoms with E-state index >= 15 is 0 Å². The molecule has 0 bridgehead atoms. The van der Waals surface area contributed by atoms with Crippen molar-refractivity contribution in [2.45, 2.75) is 12.8 Å². The maximum Gasteiger partial charge on any atom is 0.274 e. The molecule has 2 amide bonds. The molecule has 0 spiro atoms. The fourth-order valence-electron chi connectivity index (χ4n) is 1.93. The molecular weight excluding hydrogens is 309 g/mol. The van der Waals surface area contributed by atoms with Crippen LogP contribution >= 0.6 is 34.8 Å². The molecule has 1 aliphatic heterocycles. The SMILES string of the molecule is CC(CN1C(=O)C(Cl)=C(Cl)C1=O)c1ccccc1Cl. The predicted molar refractivity (Wildman–Crippen MR) is 75.3 cm³/mol. The lowest BCUT2D eigenvalue weighted by atomic mass is 10.0. The Morgan fingerprint density at radius 2 is 1.58 bits per heavy atom. The molecule has 1 atom stereocenters. The van der Waals surface area contributed by atoms with Gasteiger partial charge in [-0.3, -0.25) is 14.5 Å². The summed E-state index contributed by atoms with van der Waals surface area (Å²) in [6.07, 6.45) is 0. The van der Waals surface area contributed by atoms with Gasteiger partial charge in [0.2, 0.25) is 0 Å². The van der Waals surface area contributed by atoms with Crippen molar-refractivity contribution in [2.24, 2.45) is 0 Å². The van der Waals surface area contributed by atoms with E-state index in [4.69, 9.17) is 34.8 Å². The highest BCUT2D eigenvalue weighted by atomic mass is 35.5. The van der Waals surface area contributed by atoms with Crippen LogP contribution in [0.15, 0.2) is 34.3 Å². The smallest absolute Gasteiger partial charge is 0.272 e. The zero-order valence-corrected chi connectivity index (χ0v) is 12.3. The first-order chi connectivity index (χ1) is 8.93. The normalized spacial score (nSPS) is 17.4. The van der Waals surface area contributed by atoms with Gasteiger partial charge < -0.3 is 0 Å². The van der Waals surface area contributed by atoms with Crippen molar-refractivity contribution in [1.29, 1.82) is 0 Å². The average molecular weight is 319 g/mol. The van der Waals surface area contributed by atoms with Crippen LogP contribution in [0.25, 0.3) is 0 Å². The summed E-state index contributed by atoms with van der Waals surface area (Å²) in [5, 5.41) is 0.148. The number of benzene rings is 1. The molecule has 1 aliphatic rings. The lowest BCUT2D eigenvalue weighted by molar-refractivity contribution is -0.137. The van der Waals surface area contributed by atoms with E-state index in [0.29, 0.717) is 5.02 Å². The molecule has 1 heterocycles. The Hall–Kier alpha value is -1.03. The van der Waals surface area contributed by atoms with E-state index in [2.05, 4.69) is 0 Å². The van der Waals surface area contributed by atoms with Crippen LogP contribution < -0.4 is 0 Å². The van der Waals surface area contributed by atoms with Gasteiger partial charge >= 0.3 is 0 Å². The summed E-state index contributed by atoms with van der Waals surface area (Å²) < 4.78 is 0. The number of halogens is 3. The number of carbonyl (C=O) groups is 2. The summed E-state index contributed by atoms with van der Waals surface area (Å²) >= 11 is 17.4. The Labute approximate surface area is 125 Å². The second kappa shape index (κ2) is 5.53. The Morgan fingerprint density at radius 1 is 1.05 bits per heavy atom. The van der Waals surface area contributed by atoms with Crippen LogP contribution in [-0.2, 0) is 9.59 Å². The first kappa shape index (κ1) is 14.4. The first-order valence-corrected chi connectivity index (χ1v) is 6.72. The van der Waals surface area contributed by atoms with E-state index in [9.17, 15) is 9.59 Å². The molecule has 0 aliphatic carbocycles. The van der Waals surface area contributed by atoms with Crippen molar-refractivity contribution in [3.63, 3.8) is 0 Å². The van der Waals surface area contributed by atoms with Crippen LogP contribution in [0.4, 0.5) is 0 Å². The molecule has 3 nitrogen and oxygen atoms in total. The van der Waals surface area contributed by atoms with Crippen molar-refractivity contribution in [3.8, 4) is 0 Å². The van der Waals surface area contributed by atoms with E-state index in [1.165, 1.54) is 0 Å². The Morgan fingerprint density at radius 3 is 2.11 bits per heavy atom. The zero-order chi connectivity index (χ0) is 14.2. The summed E-state index contributed by atoms with van der Waals surface area (Å²) in [5.41, 5.74) is 0.865. The minimum absolute atomic E-state index is 0.103. The van der Waals surface area contributed by atoms with Crippen LogP contribution in [0.5, 0.6) is 0 Å². The van der Waals surface area contributed by atoms with Gasteiger partial charge in [-0.1, -0.05) is 59.9 Å². The van der Waals surface area contributed by atoms with E-state index in [1.807, 2.05) is 25.1 Å². The van der Waals surface area contributed by atoms with Gasteiger partial charge in [-0.2, -0.15) is 0 Å². The number of amides is 2. The molecule has 6 heteroatoms. The number of hydrogen-bond donors (Lipinski definition) is 0. The average Bonchev–Trinajstić information content (AvgIpc) is 2.57. The first-order valence-electron chi connectivity index (χ1n) is 5.59. The van der Waals surface area contributed by atoms with Crippen molar-refractivity contribution < 1.29 is 9.59 Å². The number of nitrogens with zero attached hydrogens (tertiary/aromatic N) is 1. The highest BCUT2D eigenvalue weighted by molar-refractivity contribution is 6.58. The molecule has 0 saturated carbocycles. The number of rotatable bonds is 3. The lowest BCUT2D eigenvalue weighted by Gasteiger charge is -2.20. The van der Waals surface area contributed by atoms with Crippen molar-refractivity contribution in [3.05, 3.63) is 44.9 Å². The maximum absolute atomic E-state index is 11.8. The Bertz CT molecular complexity index is 559. The molecule has 19 heavy (non-hydrogen) atoms. The fraction of sp³-hybridized carbons (Fsp3) is 0.231. The number of carbonyl (C=O) groups excluding carboxylic acids is 2. The van der Waals surface area contributed by atoms with Gasteiger partial charge in [-0.25, -0.2) is 0 Å². The third-order valence-electron chi connectivity index (χ3n) is 2.95. The quantitative estimate of drug-likeness (QED) is 0.800. The van der Waals surface area contributed by atoms with Gasteiger partial charge in [0, 0.05) is 17.5 Å². The topological polar surface area (TPSA) is 37.4 Å². The molecule has 0 fully saturated rings. The Kier molecular flexibility index (Phi) is 4.19. The minimum atomic E-state index is -0.560. The molecule has 2 rings (SSSR count). The zero-order valence-electron chi connectivity index (χ0n) is 9.99. The van der Waals surface area contributed by atoms with Gasteiger partial charge in [-0.05, 0) is 11.6 Å². The van der Waals surface area contributed by atoms with Crippen molar-refractivity contribution in [1.82, 2.24) is 4.90 Å². The minimum Gasteiger partial charge on any atom is -0.272 e. The lowest BCUT2D eigenvalue weighted by Crippen LogP contribution is -2.34. The molecule has 0 N–H and O–H groups in total. The van der Waals surface area contributed by atoms with E-state index < -0.39 is 11.8 Å². The largest absolute Gasteiger partial charge is 0.274 e. The van der Waals surface area contributed by atoms with Gasteiger partial charge in [0.1, 0.15) is 10.1 Å². The molecule has 1 aromatic carbocycles. The van der Waals surface area contributed by atoms with Gasteiger partial charge in [0.25, 0.3) is 11.8 Å². The maximum atomic E-state index is 11.8. The van der Waals surface area contributed by atoms with Gasteiger partial charge in [0.05, 0.1) is 0 Å². The molecule has 1 aromatic rings. The Balaban J connectivity index is 2.18. The van der Waals surface area contributed by atoms with E-state index in [0.717, 1.165) is 10.5 Å². The van der Waals surface area contributed by atoms with Crippen LogP contribution in [0.1, 0.15) is 18.4 Å². The highest BCUT2D eigenvalue weighted by Gasteiger charge is 2.37. The summed E-state index contributed by atoms with van der Waals surface area (Å²) in [4.78, 5) is 24.6. The standard InChI is InChI=1S/C13H10Cl3NO2/c1-7(8-4-2-3-5-9(8)14)6-17-12(18)10(15)11(16)13(17)19/h2-5,7H,6H2,1H3. The summed E-state index contributed by atoms with van der Waals surface area (Å²) in [6, 6.07) is 7.29. The third kappa shape index (κ3) is 2.64. The summed E-state index contributed by atoms with van der Waals surface area (Å²) in [5.74, 6) is -1.22. The second-order valence-corrected chi connectivity index (χ2v) is 5.43. The second-order valence-electron chi connectivity index (χ2n) is 4.27. The summed E-state index contributed by atoms with van der Waals surface area (Å²) in [6.45, 7) is 2.07. The van der Waals surface area contributed by atoms with Crippen LogP contribution in [-0.4, -0.2) is 23.3 Å². The monoisotopic (exact) mass is 317 g/mol. The van der Waals surface area contributed by atoms with Crippen molar-refractivity contribution >= 4 is 46.6 Å². The number of imide groups is 1. The number of hydrogen-bond acceptors (Lipinski definition) is 2. The van der Waals surface area contributed by atoms with Gasteiger partial charge in [0.15, 0.2) is 0 Å². The fourth-order valence-corrected chi connectivity index (χ4v) is 2.62. The predicted octanol–water partition coefficient (Wildman–Crippen LogP) is 3.50. The molecule has 0 aromatic heterocycles. The van der Waals surface area contributed by atoms with E-state index in [1.54, 1.807) is 6.07 Å².